The summed E-state index contributed by atoms with van der Waals surface area (Å²) in [6.45, 7) is 8.44. The summed E-state index contributed by atoms with van der Waals surface area (Å²) in [6, 6.07) is 5.89. The van der Waals surface area contributed by atoms with Crippen LogP contribution >= 0.6 is 0 Å². The van der Waals surface area contributed by atoms with Crippen molar-refractivity contribution < 1.29 is 0 Å². The summed E-state index contributed by atoms with van der Waals surface area (Å²) < 4.78 is 0. The summed E-state index contributed by atoms with van der Waals surface area (Å²) in [5.74, 6) is 0. The lowest BCUT2D eigenvalue weighted by atomic mass is 10.7. The molecule has 0 saturated carbocycles. The Morgan fingerprint density at radius 2 is 1.33 bits per heavy atom. The summed E-state index contributed by atoms with van der Waals surface area (Å²) in [5, 5.41) is 0. The molecule has 0 saturated heterocycles. The topological polar surface area (TPSA) is 3.24 Å². The van der Waals surface area contributed by atoms with Crippen LogP contribution in [0.5, 0.6) is 0 Å². The van der Waals surface area contributed by atoms with E-state index in [0.29, 0.717) is 0 Å². The molecule has 2 heteroatoms. The first-order chi connectivity index (χ1) is 5.60. The fourth-order valence-electron chi connectivity index (χ4n) is 1.74. The summed E-state index contributed by atoms with van der Waals surface area (Å²) in [7, 11) is 3.54. The molecule has 0 aliphatic carbocycles. The van der Waals surface area contributed by atoms with Crippen LogP contribution in [-0.4, -0.2) is 33.6 Å². The lowest BCUT2D eigenvalue weighted by molar-refractivity contribution is 0.430. The molecule has 0 aliphatic rings. The van der Waals surface area contributed by atoms with Gasteiger partial charge in [0.15, 0.2) is 0 Å². The van der Waals surface area contributed by atoms with Gasteiger partial charge in [-0.05, 0) is 26.7 Å². The number of rotatable bonds is 6. The minimum absolute atomic E-state index is 0.822. The van der Waals surface area contributed by atoms with Crippen LogP contribution in [-0.2, 0) is 0 Å². The Morgan fingerprint density at radius 3 is 1.58 bits per heavy atom. The van der Waals surface area contributed by atoms with Crippen LogP contribution < -0.4 is 0 Å². The van der Waals surface area contributed by atoms with Gasteiger partial charge in [-0.25, -0.2) is 0 Å². The van der Waals surface area contributed by atoms with Crippen molar-refractivity contribution >= 4 is 8.07 Å². The third kappa shape index (κ3) is 3.72. The van der Waals surface area contributed by atoms with Gasteiger partial charge in [0.05, 0.1) is 8.07 Å². The van der Waals surface area contributed by atoms with Crippen LogP contribution in [0, 0.1) is 0 Å². The minimum atomic E-state index is -0.822. The van der Waals surface area contributed by atoms with Crippen LogP contribution in [0.2, 0.25) is 24.2 Å². The van der Waals surface area contributed by atoms with Crippen molar-refractivity contribution in [3.05, 3.63) is 0 Å². The molecule has 0 aromatic heterocycles. The van der Waals surface area contributed by atoms with Crippen LogP contribution in [0.4, 0.5) is 0 Å². The zero-order valence-corrected chi connectivity index (χ0v) is 10.5. The van der Waals surface area contributed by atoms with E-state index in [1.165, 1.54) is 30.7 Å². The van der Waals surface area contributed by atoms with E-state index < -0.39 is 8.07 Å². The van der Waals surface area contributed by atoms with E-state index in [2.05, 4.69) is 39.8 Å². The number of hydrogen-bond donors (Lipinski definition) is 0. The highest BCUT2D eigenvalue weighted by Gasteiger charge is 2.25. The van der Waals surface area contributed by atoms with E-state index in [0.717, 1.165) is 0 Å². The van der Waals surface area contributed by atoms with E-state index in [4.69, 9.17) is 0 Å². The van der Waals surface area contributed by atoms with Crippen molar-refractivity contribution in [2.24, 2.45) is 0 Å². The molecule has 0 bridgehead atoms. The Kier molecular flexibility index (Phi) is 5.84. The summed E-state index contributed by atoms with van der Waals surface area (Å²) in [5.41, 5.74) is 0. The Bertz CT molecular complexity index is 100. The second-order valence-corrected chi connectivity index (χ2v) is 9.74. The fraction of sp³-hybridized carbons (Fsp3) is 1.00. The molecule has 12 heavy (non-hydrogen) atoms. The first kappa shape index (κ1) is 12.2. The van der Waals surface area contributed by atoms with E-state index in [-0.39, 0.29) is 0 Å². The molecule has 0 aliphatic heterocycles. The standard InChI is InChI=1S/C10H25NSi/c1-6-12(7-2,8-3)10-9-11(4)5/h6-10H2,1-5H3. The predicted octanol–water partition coefficient (Wildman–Crippen LogP) is 3.06. The Hall–Kier alpha value is 0.177. The monoisotopic (exact) mass is 187 g/mol. The molecule has 0 aromatic carbocycles. The van der Waals surface area contributed by atoms with E-state index in [1.807, 2.05) is 0 Å². The van der Waals surface area contributed by atoms with Gasteiger partial charge in [-0.2, -0.15) is 0 Å². The minimum Gasteiger partial charge on any atom is -0.310 e. The molecular formula is C10H25NSi. The van der Waals surface area contributed by atoms with Crippen molar-refractivity contribution in [3.63, 3.8) is 0 Å². The van der Waals surface area contributed by atoms with Gasteiger partial charge < -0.3 is 4.90 Å². The van der Waals surface area contributed by atoms with Crippen molar-refractivity contribution in [3.8, 4) is 0 Å². The highest BCUT2D eigenvalue weighted by molar-refractivity contribution is 6.79. The van der Waals surface area contributed by atoms with Gasteiger partial charge in [0.2, 0.25) is 0 Å². The van der Waals surface area contributed by atoms with Gasteiger partial charge in [0.1, 0.15) is 0 Å². The van der Waals surface area contributed by atoms with Gasteiger partial charge in [-0.15, -0.1) is 0 Å². The highest BCUT2D eigenvalue weighted by Crippen LogP contribution is 2.24. The van der Waals surface area contributed by atoms with E-state index in [9.17, 15) is 0 Å². The smallest absolute Gasteiger partial charge is 0.0540 e. The molecule has 0 radical (unpaired) electrons. The summed E-state index contributed by atoms with van der Waals surface area (Å²) in [4.78, 5) is 2.32. The lowest BCUT2D eigenvalue weighted by Crippen LogP contribution is -2.34. The lowest BCUT2D eigenvalue weighted by Gasteiger charge is -2.29. The predicted molar refractivity (Wildman–Crippen MR) is 60.6 cm³/mol. The average Bonchev–Trinajstić information content (AvgIpc) is 2.08. The normalized spacial score (nSPS) is 12.5. The molecule has 0 heterocycles. The van der Waals surface area contributed by atoms with Gasteiger partial charge in [-0.3, -0.25) is 0 Å². The maximum Gasteiger partial charge on any atom is 0.0540 e. The molecular weight excluding hydrogens is 162 g/mol. The molecule has 1 nitrogen and oxygen atoms in total. The molecule has 0 rings (SSSR count). The number of nitrogens with zero attached hydrogens (tertiary/aromatic N) is 1. The third-order valence-corrected chi connectivity index (χ3v) is 9.12. The van der Waals surface area contributed by atoms with Crippen molar-refractivity contribution in [1.82, 2.24) is 4.90 Å². The van der Waals surface area contributed by atoms with E-state index in [1.54, 1.807) is 0 Å². The largest absolute Gasteiger partial charge is 0.310 e. The molecule has 0 spiro atoms. The van der Waals surface area contributed by atoms with Gasteiger partial charge in [-0.1, -0.05) is 38.9 Å². The van der Waals surface area contributed by atoms with Crippen LogP contribution in [0.1, 0.15) is 20.8 Å². The summed E-state index contributed by atoms with van der Waals surface area (Å²) >= 11 is 0. The van der Waals surface area contributed by atoms with Crippen LogP contribution in [0.15, 0.2) is 0 Å². The van der Waals surface area contributed by atoms with Crippen molar-refractivity contribution in [2.75, 3.05) is 20.6 Å². The van der Waals surface area contributed by atoms with E-state index >= 15 is 0 Å². The number of hydrogen-bond acceptors (Lipinski definition) is 1. The van der Waals surface area contributed by atoms with Gasteiger partial charge in [0, 0.05) is 0 Å². The average molecular weight is 187 g/mol. The second-order valence-electron chi connectivity index (χ2n) is 4.11. The zero-order chi connectivity index (χ0) is 9.61. The van der Waals surface area contributed by atoms with Crippen LogP contribution in [0.3, 0.4) is 0 Å². The van der Waals surface area contributed by atoms with Crippen molar-refractivity contribution in [2.45, 2.75) is 44.9 Å². The molecule has 0 atom stereocenters. The fourth-order valence-corrected chi connectivity index (χ4v) is 5.22. The molecule has 0 aromatic rings. The molecule has 0 amide bonds. The Morgan fingerprint density at radius 1 is 0.917 bits per heavy atom. The molecule has 0 unspecified atom stereocenters. The highest BCUT2D eigenvalue weighted by atomic mass is 28.3. The van der Waals surface area contributed by atoms with Crippen molar-refractivity contribution in [1.29, 1.82) is 0 Å². The first-order valence-electron chi connectivity index (χ1n) is 5.25. The zero-order valence-electron chi connectivity index (χ0n) is 9.48. The Labute approximate surface area is 79.2 Å². The van der Waals surface area contributed by atoms with Gasteiger partial charge in [0.25, 0.3) is 0 Å². The summed E-state index contributed by atoms with van der Waals surface area (Å²) in [6.07, 6.45) is 0. The van der Waals surface area contributed by atoms with Crippen LogP contribution in [0.25, 0.3) is 0 Å². The maximum absolute atomic E-state index is 2.38. The molecule has 0 fully saturated rings. The molecule has 0 N–H and O–H groups in total. The Balaban J connectivity index is 3.93. The van der Waals surface area contributed by atoms with Gasteiger partial charge >= 0.3 is 0 Å². The maximum atomic E-state index is 2.38. The SMILES string of the molecule is CC[Si](CC)(CC)CCN(C)C. The quantitative estimate of drug-likeness (QED) is 0.578. The third-order valence-electron chi connectivity index (χ3n) is 3.34. The second kappa shape index (κ2) is 5.76. The molecule has 74 valence electrons. The first-order valence-corrected chi connectivity index (χ1v) is 8.07.